The maximum atomic E-state index is 11.7. The summed E-state index contributed by atoms with van der Waals surface area (Å²) in [6.07, 6.45) is 1.35. The third-order valence-corrected chi connectivity index (χ3v) is 2.37. The van der Waals surface area contributed by atoms with Crippen LogP contribution in [0.15, 0.2) is 30.3 Å². The number of benzene rings is 1. The molecule has 0 fully saturated rings. The number of hydrogen-bond acceptors (Lipinski definition) is 3. The summed E-state index contributed by atoms with van der Waals surface area (Å²) in [5.74, 6) is 0.0357. The number of carbonyl (C=O) groups is 2. The first-order valence-corrected chi connectivity index (χ1v) is 5.79. The molecule has 17 heavy (non-hydrogen) atoms. The summed E-state index contributed by atoms with van der Waals surface area (Å²) in [4.78, 5) is 22.9. The average molecular weight is 234 g/mol. The maximum absolute atomic E-state index is 11.7. The molecule has 4 nitrogen and oxygen atoms in total. The minimum Gasteiger partial charge on any atom is -0.355 e. The number of rotatable bonds is 7. The highest BCUT2D eigenvalue weighted by Crippen LogP contribution is 2.06. The van der Waals surface area contributed by atoms with Crippen molar-refractivity contribution in [1.29, 1.82) is 0 Å². The summed E-state index contributed by atoms with van der Waals surface area (Å²) in [7, 11) is 0. The van der Waals surface area contributed by atoms with Crippen LogP contribution in [0.4, 0.5) is 0 Å². The Hall–Kier alpha value is -1.68. The van der Waals surface area contributed by atoms with Gasteiger partial charge in [-0.2, -0.15) is 0 Å². The van der Waals surface area contributed by atoms with E-state index in [1.165, 1.54) is 0 Å². The van der Waals surface area contributed by atoms with Crippen molar-refractivity contribution in [3.8, 4) is 0 Å². The molecule has 92 valence electrons. The van der Waals surface area contributed by atoms with E-state index < -0.39 is 0 Å². The first kappa shape index (κ1) is 13.4. The Balaban J connectivity index is 2.23. The van der Waals surface area contributed by atoms with E-state index in [9.17, 15) is 9.59 Å². The Morgan fingerprint density at radius 1 is 1.12 bits per heavy atom. The van der Waals surface area contributed by atoms with Gasteiger partial charge in [-0.25, -0.2) is 0 Å². The third kappa shape index (κ3) is 5.26. The average Bonchev–Trinajstić information content (AvgIpc) is 2.37. The van der Waals surface area contributed by atoms with Crippen molar-refractivity contribution in [2.24, 2.45) is 5.73 Å². The van der Waals surface area contributed by atoms with Gasteiger partial charge < -0.3 is 11.1 Å². The Bertz CT molecular complexity index is 363. The van der Waals surface area contributed by atoms with Crippen LogP contribution < -0.4 is 11.1 Å². The third-order valence-electron chi connectivity index (χ3n) is 2.37. The van der Waals surface area contributed by atoms with E-state index in [1.807, 2.05) is 18.2 Å². The topological polar surface area (TPSA) is 72.2 Å². The molecule has 3 N–H and O–H groups in total. The lowest BCUT2D eigenvalue weighted by Crippen LogP contribution is -2.28. The van der Waals surface area contributed by atoms with Gasteiger partial charge in [0, 0.05) is 31.5 Å². The molecule has 4 heteroatoms. The second kappa shape index (κ2) is 7.57. The van der Waals surface area contributed by atoms with E-state index in [0.717, 1.165) is 0 Å². The lowest BCUT2D eigenvalue weighted by Gasteiger charge is -2.03. The van der Waals surface area contributed by atoms with Crippen LogP contribution in [0.3, 0.4) is 0 Å². The summed E-state index contributed by atoms with van der Waals surface area (Å²) in [6.45, 7) is 0.931. The van der Waals surface area contributed by atoms with Crippen LogP contribution in [-0.4, -0.2) is 24.8 Å². The first-order valence-electron chi connectivity index (χ1n) is 5.79. The second-order valence-corrected chi connectivity index (χ2v) is 3.78. The molecule has 0 radical (unpaired) electrons. The van der Waals surface area contributed by atoms with Crippen LogP contribution in [0.5, 0.6) is 0 Å². The maximum Gasteiger partial charge on any atom is 0.220 e. The molecule has 0 bridgehead atoms. The summed E-state index contributed by atoms with van der Waals surface area (Å²) in [5, 5.41) is 2.67. The van der Waals surface area contributed by atoms with E-state index in [4.69, 9.17) is 5.73 Å². The van der Waals surface area contributed by atoms with Crippen LogP contribution in [0.25, 0.3) is 0 Å². The molecule has 1 rings (SSSR count). The highest BCUT2D eigenvalue weighted by molar-refractivity contribution is 5.96. The molecule has 0 aliphatic heterocycles. The molecule has 0 aromatic heterocycles. The SMILES string of the molecule is NCCNC(=O)CCCC(=O)c1ccccc1. The van der Waals surface area contributed by atoms with E-state index in [-0.39, 0.29) is 11.7 Å². The van der Waals surface area contributed by atoms with Gasteiger partial charge >= 0.3 is 0 Å². The van der Waals surface area contributed by atoms with Gasteiger partial charge in [0.2, 0.25) is 5.91 Å². The fourth-order valence-electron chi connectivity index (χ4n) is 1.48. The van der Waals surface area contributed by atoms with Gasteiger partial charge in [-0.05, 0) is 6.42 Å². The monoisotopic (exact) mass is 234 g/mol. The van der Waals surface area contributed by atoms with Crippen LogP contribution in [0, 0.1) is 0 Å². The minimum absolute atomic E-state index is 0.0451. The van der Waals surface area contributed by atoms with Gasteiger partial charge in [0.15, 0.2) is 5.78 Å². The molecule has 0 unspecified atom stereocenters. The normalized spacial score (nSPS) is 9.94. The molecule has 1 amide bonds. The van der Waals surface area contributed by atoms with E-state index >= 15 is 0 Å². The molecule has 0 saturated carbocycles. The molecule has 0 saturated heterocycles. The summed E-state index contributed by atoms with van der Waals surface area (Å²) in [6, 6.07) is 9.12. The number of ketones is 1. The zero-order chi connectivity index (χ0) is 12.5. The summed E-state index contributed by atoms with van der Waals surface area (Å²) < 4.78 is 0. The Morgan fingerprint density at radius 3 is 2.47 bits per heavy atom. The Morgan fingerprint density at radius 2 is 1.82 bits per heavy atom. The van der Waals surface area contributed by atoms with Crippen molar-refractivity contribution in [3.63, 3.8) is 0 Å². The second-order valence-electron chi connectivity index (χ2n) is 3.78. The number of nitrogens with two attached hydrogens (primary N) is 1. The molecule has 0 aliphatic carbocycles. The van der Waals surface area contributed by atoms with Crippen molar-refractivity contribution in [3.05, 3.63) is 35.9 Å². The van der Waals surface area contributed by atoms with Crippen LogP contribution in [-0.2, 0) is 4.79 Å². The fourth-order valence-corrected chi connectivity index (χ4v) is 1.48. The van der Waals surface area contributed by atoms with Crippen LogP contribution in [0.1, 0.15) is 29.6 Å². The van der Waals surface area contributed by atoms with E-state index in [2.05, 4.69) is 5.32 Å². The smallest absolute Gasteiger partial charge is 0.220 e. The first-order chi connectivity index (χ1) is 8.24. The fraction of sp³-hybridized carbons (Fsp3) is 0.385. The zero-order valence-corrected chi connectivity index (χ0v) is 9.82. The van der Waals surface area contributed by atoms with Gasteiger partial charge in [0.05, 0.1) is 0 Å². The highest BCUT2D eigenvalue weighted by Gasteiger charge is 2.06. The number of hydrogen-bond donors (Lipinski definition) is 2. The zero-order valence-electron chi connectivity index (χ0n) is 9.82. The van der Waals surface area contributed by atoms with Crippen molar-refractivity contribution in [1.82, 2.24) is 5.32 Å². The van der Waals surface area contributed by atoms with Gasteiger partial charge in [-0.1, -0.05) is 30.3 Å². The molecule has 0 atom stereocenters. The molecule has 1 aromatic carbocycles. The van der Waals surface area contributed by atoms with Crippen molar-refractivity contribution >= 4 is 11.7 Å². The summed E-state index contributed by atoms with van der Waals surface area (Å²) in [5.41, 5.74) is 5.96. The van der Waals surface area contributed by atoms with Gasteiger partial charge in [-0.15, -0.1) is 0 Å². The molecule has 0 spiro atoms. The predicted octanol–water partition coefficient (Wildman–Crippen LogP) is 1.11. The molecule has 0 heterocycles. The Kier molecular flexibility index (Phi) is 5.96. The summed E-state index contributed by atoms with van der Waals surface area (Å²) >= 11 is 0. The largest absolute Gasteiger partial charge is 0.355 e. The molecular formula is C13H18N2O2. The number of carbonyl (C=O) groups excluding carboxylic acids is 2. The minimum atomic E-state index is -0.0451. The number of nitrogens with one attached hydrogen (secondary N) is 1. The van der Waals surface area contributed by atoms with E-state index in [1.54, 1.807) is 12.1 Å². The standard InChI is InChI=1S/C13H18N2O2/c14-9-10-15-13(17)8-4-7-12(16)11-5-2-1-3-6-11/h1-3,5-6H,4,7-10,14H2,(H,15,17). The van der Waals surface area contributed by atoms with Gasteiger partial charge in [0.1, 0.15) is 0 Å². The van der Waals surface area contributed by atoms with E-state index in [0.29, 0.717) is 37.9 Å². The quantitative estimate of drug-likeness (QED) is 0.694. The molecule has 0 aliphatic rings. The van der Waals surface area contributed by atoms with Gasteiger partial charge in [-0.3, -0.25) is 9.59 Å². The lowest BCUT2D eigenvalue weighted by molar-refractivity contribution is -0.121. The van der Waals surface area contributed by atoms with Crippen molar-refractivity contribution in [2.45, 2.75) is 19.3 Å². The van der Waals surface area contributed by atoms with Crippen molar-refractivity contribution in [2.75, 3.05) is 13.1 Å². The number of amides is 1. The molecular weight excluding hydrogens is 216 g/mol. The van der Waals surface area contributed by atoms with Gasteiger partial charge in [0.25, 0.3) is 0 Å². The van der Waals surface area contributed by atoms with Crippen LogP contribution in [0.2, 0.25) is 0 Å². The van der Waals surface area contributed by atoms with Crippen molar-refractivity contribution < 1.29 is 9.59 Å². The number of Topliss-reactive ketones (excluding diaryl/α,β-unsaturated/α-hetero) is 1. The predicted molar refractivity (Wildman–Crippen MR) is 66.7 cm³/mol. The lowest BCUT2D eigenvalue weighted by atomic mass is 10.1. The Labute approximate surface area is 101 Å². The van der Waals surface area contributed by atoms with Crippen LogP contribution >= 0.6 is 0 Å². The molecule has 1 aromatic rings. The highest BCUT2D eigenvalue weighted by atomic mass is 16.1.